The number of methoxy groups -OCH3 is 1. The molecule has 1 aliphatic heterocycles. The van der Waals surface area contributed by atoms with Crippen LogP contribution in [-0.2, 0) is 36.8 Å². The van der Waals surface area contributed by atoms with Crippen LogP contribution in [0.3, 0.4) is 0 Å². The highest BCUT2D eigenvalue weighted by atomic mass is 16.6. The summed E-state index contributed by atoms with van der Waals surface area (Å²) in [5.74, 6) is -0.587. The maximum Gasteiger partial charge on any atom is 0.411 e. The van der Waals surface area contributed by atoms with E-state index in [1.165, 1.54) is 7.11 Å². The van der Waals surface area contributed by atoms with Crippen LogP contribution in [0.1, 0.15) is 65.5 Å². The van der Waals surface area contributed by atoms with Crippen molar-refractivity contribution in [3.05, 3.63) is 71.8 Å². The molecule has 0 radical (unpaired) electrons. The van der Waals surface area contributed by atoms with Gasteiger partial charge in [0.25, 0.3) is 0 Å². The molecule has 0 bridgehead atoms. The second-order valence-electron chi connectivity index (χ2n) is 12.4. The summed E-state index contributed by atoms with van der Waals surface area (Å²) in [5.41, 5.74) is 1.26. The molecule has 0 aromatic heterocycles. The average molecular weight is 594 g/mol. The van der Waals surface area contributed by atoms with Gasteiger partial charge in [-0.3, -0.25) is 19.6 Å². The summed E-state index contributed by atoms with van der Waals surface area (Å²) in [6.07, 6.45) is 2.76. The molecule has 0 spiro atoms. The molecule has 0 aliphatic carbocycles. The van der Waals surface area contributed by atoms with Crippen LogP contribution in [0, 0.1) is 5.92 Å². The summed E-state index contributed by atoms with van der Waals surface area (Å²) in [6.45, 7) is 11.7. The Bertz CT molecular complexity index is 1210. The highest BCUT2D eigenvalue weighted by molar-refractivity contribution is 5.78. The van der Waals surface area contributed by atoms with E-state index >= 15 is 0 Å². The van der Waals surface area contributed by atoms with E-state index in [-0.39, 0.29) is 37.2 Å². The smallest absolute Gasteiger partial charge is 0.411 e. The number of esters is 2. The van der Waals surface area contributed by atoms with Crippen LogP contribution in [0.25, 0.3) is 0 Å². The molecule has 0 N–H and O–H groups in total. The zero-order valence-electron chi connectivity index (χ0n) is 26.6. The van der Waals surface area contributed by atoms with E-state index in [1.54, 1.807) is 18.0 Å². The molecular weight excluding hydrogens is 546 g/mol. The molecule has 3 rings (SSSR count). The van der Waals surface area contributed by atoms with Gasteiger partial charge in [0.1, 0.15) is 24.3 Å². The molecule has 4 atom stereocenters. The van der Waals surface area contributed by atoms with Crippen molar-refractivity contribution in [2.24, 2.45) is 10.9 Å². The van der Waals surface area contributed by atoms with Gasteiger partial charge in [0.05, 0.1) is 19.8 Å². The van der Waals surface area contributed by atoms with Crippen molar-refractivity contribution in [1.82, 2.24) is 9.80 Å². The first-order chi connectivity index (χ1) is 20.4. The lowest BCUT2D eigenvalue weighted by atomic mass is 9.94. The molecule has 9 nitrogen and oxygen atoms in total. The minimum absolute atomic E-state index is 0.161. The first-order valence-corrected chi connectivity index (χ1v) is 15.0. The van der Waals surface area contributed by atoms with E-state index in [9.17, 15) is 14.4 Å². The van der Waals surface area contributed by atoms with Gasteiger partial charge >= 0.3 is 18.0 Å². The molecule has 0 unspecified atom stereocenters. The van der Waals surface area contributed by atoms with Crippen LogP contribution in [-0.4, -0.2) is 77.6 Å². The minimum atomic E-state index is -0.694. The van der Waals surface area contributed by atoms with Crippen molar-refractivity contribution in [2.45, 2.75) is 97.2 Å². The SMILES string of the molecule is COC(=O)[C@H](C)/N=C/C[C@@H]1[C@H](Cc2ccccc2)N(C(=O)OC(C)(C)C)CN1[C@@H](CC(C)C)C(=O)OCc1ccccc1. The molecule has 0 saturated carbocycles. The quantitative estimate of drug-likeness (QED) is 0.178. The lowest BCUT2D eigenvalue weighted by molar-refractivity contribution is -0.152. The Balaban J connectivity index is 2.00. The summed E-state index contributed by atoms with van der Waals surface area (Å²) in [7, 11) is 1.33. The molecule has 1 amide bonds. The largest absolute Gasteiger partial charge is 0.467 e. The number of carbonyl (C=O) groups excluding carboxylic acids is 3. The predicted molar refractivity (Wildman–Crippen MR) is 167 cm³/mol. The molecule has 1 aliphatic rings. The summed E-state index contributed by atoms with van der Waals surface area (Å²) >= 11 is 0. The number of hydrogen-bond donors (Lipinski definition) is 0. The van der Waals surface area contributed by atoms with Gasteiger partial charge in [-0.15, -0.1) is 0 Å². The molecular formula is C34H47N3O6. The van der Waals surface area contributed by atoms with E-state index in [0.29, 0.717) is 19.3 Å². The first kappa shape index (κ1) is 33.8. The zero-order chi connectivity index (χ0) is 31.6. The monoisotopic (exact) mass is 593 g/mol. The van der Waals surface area contributed by atoms with Crippen LogP contribution >= 0.6 is 0 Å². The molecule has 2 aromatic carbocycles. The van der Waals surface area contributed by atoms with Crippen molar-refractivity contribution in [3.8, 4) is 0 Å². The number of benzene rings is 2. The molecule has 9 heteroatoms. The first-order valence-electron chi connectivity index (χ1n) is 15.0. The number of ether oxygens (including phenoxy) is 3. The highest BCUT2D eigenvalue weighted by Gasteiger charge is 2.48. The molecule has 2 aromatic rings. The molecule has 1 saturated heterocycles. The minimum Gasteiger partial charge on any atom is -0.467 e. The average Bonchev–Trinajstić information content (AvgIpc) is 3.31. The standard InChI is InChI=1S/C34H47N3O6/c1-24(2)20-30(32(39)42-22-27-16-12-9-13-17-27)36-23-37(33(40)43-34(4,5)6)29(21-26-14-10-8-11-15-26)28(36)18-19-35-25(3)31(38)41-7/h8-17,19,24-25,28-30H,18,20-23H2,1-7H3/b35-19+/t25-,28+,29-,30-/m0/s1. The fourth-order valence-corrected chi connectivity index (χ4v) is 5.25. The fraction of sp³-hybridized carbons (Fsp3) is 0.529. The van der Waals surface area contributed by atoms with Crippen molar-refractivity contribution >= 4 is 24.2 Å². The Morgan fingerprint density at radius 2 is 1.53 bits per heavy atom. The summed E-state index contributed by atoms with van der Waals surface area (Å²) in [5, 5.41) is 0. The Morgan fingerprint density at radius 3 is 2.09 bits per heavy atom. The number of nitrogens with zero attached hydrogens (tertiary/aromatic N) is 3. The van der Waals surface area contributed by atoms with Crippen LogP contribution in [0.2, 0.25) is 0 Å². The van der Waals surface area contributed by atoms with Gasteiger partial charge in [0.15, 0.2) is 0 Å². The Kier molecular flexibility index (Phi) is 12.3. The maximum atomic E-state index is 13.8. The third kappa shape index (κ3) is 10.2. The number of amides is 1. The fourth-order valence-electron chi connectivity index (χ4n) is 5.25. The van der Waals surface area contributed by atoms with Gasteiger partial charge in [-0.05, 0) is 64.0 Å². The number of rotatable bonds is 12. The predicted octanol–water partition coefficient (Wildman–Crippen LogP) is 5.66. The number of aliphatic imine (C=N–C) groups is 1. The molecule has 1 fully saturated rings. The maximum absolute atomic E-state index is 13.8. The van der Waals surface area contributed by atoms with Crippen molar-refractivity contribution in [2.75, 3.05) is 13.8 Å². The van der Waals surface area contributed by atoms with Crippen LogP contribution < -0.4 is 0 Å². The van der Waals surface area contributed by atoms with Gasteiger partial charge in [0.2, 0.25) is 0 Å². The Hall–Kier alpha value is -3.72. The lowest BCUT2D eigenvalue weighted by Gasteiger charge is -2.32. The Morgan fingerprint density at radius 1 is 0.930 bits per heavy atom. The molecule has 43 heavy (non-hydrogen) atoms. The third-order valence-corrected chi connectivity index (χ3v) is 7.31. The number of carbonyl (C=O) groups is 3. The van der Waals surface area contributed by atoms with Crippen molar-refractivity contribution in [1.29, 1.82) is 0 Å². The van der Waals surface area contributed by atoms with Gasteiger partial charge in [0, 0.05) is 12.3 Å². The van der Waals surface area contributed by atoms with Crippen LogP contribution in [0.15, 0.2) is 65.7 Å². The second-order valence-corrected chi connectivity index (χ2v) is 12.4. The molecule has 234 valence electrons. The van der Waals surface area contributed by atoms with Crippen molar-refractivity contribution < 1.29 is 28.6 Å². The van der Waals surface area contributed by atoms with Gasteiger partial charge in [-0.2, -0.15) is 0 Å². The topological polar surface area (TPSA) is 97.7 Å². The van der Waals surface area contributed by atoms with Crippen molar-refractivity contribution in [3.63, 3.8) is 0 Å². The van der Waals surface area contributed by atoms with E-state index in [0.717, 1.165) is 11.1 Å². The third-order valence-electron chi connectivity index (χ3n) is 7.31. The lowest BCUT2D eigenvalue weighted by Crippen LogP contribution is -2.48. The number of hydrogen-bond acceptors (Lipinski definition) is 8. The van der Waals surface area contributed by atoms with Crippen LogP contribution in [0.5, 0.6) is 0 Å². The Labute approximate surface area is 256 Å². The summed E-state index contributed by atoms with van der Waals surface area (Å²) in [6, 6.07) is 17.6. The van der Waals surface area contributed by atoms with E-state index in [4.69, 9.17) is 14.2 Å². The van der Waals surface area contributed by atoms with E-state index in [1.807, 2.05) is 81.4 Å². The van der Waals surface area contributed by atoms with Crippen LogP contribution in [0.4, 0.5) is 4.79 Å². The van der Waals surface area contributed by atoms with Gasteiger partial charge < -0.3 is 14.2 Å². The summed E-state index contributed by atoms with van der Waals surface area (Å²) < 4.78 is 16.5. The zero-order valence-corrected chi connectivity index (χ0v) is 26.6. The van der Waals surface area contributed by atoms with Gasteiger partial charge in [-0.1, -0.05) is 74.5 Å². The second kappa shape index (κ2) is 15.7. The molecule has 1 heterocycles. The highest BCUT2D eigenvalue weighted by Crippen LogP contribution is 2.32. The summed E-state index contributed by atoms with van der Waals surface area (Å²) in [4.78, 5) is 47.6. The van der Waals surface area contributed by atoms with Gasteiger partial charge in [-0.25, -0.2) is 9.59 Å². The van der Waals surface area contributed by atoms with E-state index in [2.05, 4.69) is 23.7 Å². The van der Waals surface area contributed by atoms with E-state index < -0.39 is 29.7 Å². The normalized spacial score (nSPS) is 18.9.